The van der Waals surface area contributed by atoms with Gasteiger partial charge in [-0.05, 0) is 26.3 Å². The number of rotatable bonds is 4. The van der Waals surface area contributed by atoms with Crippen LogP contribution < -0.4 is 4.90 Å². The highest BCUT2D eigenvalue weighted by atomic mass is 15.4. The molecule has 0 amide bonds. The maximum atomic E-state index is 9.18. The summed E-state index contributed by atoms with van der Waals surface area (Å²) in [6.45, 7) is 6.65. The lowest BCUT2D eigenvalue weighted by Gasteiger charge is -2.15. The Kier molecular flexibility index (Phi) is 3.99. The lowest BCUT2D eigenvalue weighted by molar-refractivity contribution is 0.654. The van der Waals surface area contributed by atoms with Crippen molar-refractivity contribution in [3.63, 3.8) is 0 Å². The smallest absolute Gasteiger partial charge is 0.223 e. The molecule has 2 aromatic rings. The van der Waals surface area contributed by atoms with Gasteiger partial charge >= 0.3 is 0 Å². The Hall–Kier alpha value is -2.35. The van der Waals surface area contributed by atoms with Crippen molar-refractivity contribution in [2.45, 2.75) is 32.7 Å². The van der Waals surface area contributed by atoms with Crippen LogP contribution in [0, 0.1) is 11.3 Å². The molecule has 1 aromatic carbocycles. The van der Waals surface area contributed by atoms with Crippen LogP contribution in [0.5, 0.6) is 0 Å². The molecule has 0 atom stereocenters. The van der Waals surface area contributed by atoms with E-state index in [4.69, 9.17) is 0 Å². The lowest BCUT2D eigenvalue weighted by Crippen LogP contribution is -2.15. The molecular weight excluding hydrogens is 262 g/mol. The molecule has 5 heteroatoms. The first-order valence-electron chi connectivity index (χ1n) is 7.03. The zero-order chi connectivity index (χ0) is 15.6. The zero-order valence-electron chi connectivity index (χ0n) is 13.3. The van der Waals surface area contributed by atoms with E-state index >= 15 is 0 Å². The van der Waals surface area contributed by atoms with Gasteiger partial charge < -0.3 is 4.90 Å². The average Bonchev–Trinajstić information content (AvgIpc) is 2.92. The summed E-state index contributed by atoms with van der Waals surface area (Å²) < 4.78 is 1.88. The maximum absolute atomic E-state index is 9.18. The second-order valence-corrected chi connectivity index (χ2v) is 5.76. The number of hydrogen-bond donors (Lipinski definition) is 0. The summed E-state index contributed by atoms with van der Waals surface area (Å²) in [5.41, 5.74) is 1.48. The van der Waals surface area contributed by atoms with E-state index in [-0.39, 0.29) is 0 Å². The van der Waals surface area contributed by atoms with Gasteiger partial charge in [0.2, 0.25) is 5.95 Å². The van der Waals surface area contributed by atoms with Crippen LogP contribution in [0.2, 0.25) is 0 Å². The molecule has 0 N–H and O–H groups in total. The SMILES string of the molecule is CCn1nc(-c2ccc(C(C)(C)C#N)cc2)nc1N(C)C. The van der Waals surface area contributed by atoms with Gasteiger partial charge in [-0.3, -0.25) is 0 Å². The van der Waals surface area contributed by atoms with Crippen molar-refractivity contribution in [3.8, 4) is 17.5 Å². The summed E-state index contributed by atoms with van der Waals surface area (Å²) in [5.74, 6) is 1.55. The quantitative estimate of drug-likeness (QED) is 0.865. The Morgan fingerprint density at radius 3 is 2.29 bits per heavy atom. The number of aryl methyl sites for hydroxylation is 1. The minimum atomic E-state index is -0.483. The van der Waals surface area contributed by atoms with Gasteiger partial charge in [0.25, 0.3) is 0 Å². The summed E-state index contributed by atoms with van der Waals surface area (Å²) in [6.07, 6.45) is 0. The van der Waals surface area contributed by atoms with E-state index in [9.17, 15) is 5.26 Å². The molecule has 2 rings (SSSR count). The van der Waals surface area contributed by atoms with Gasteiger partial charge in [0.1, 0.15) is 0 Å². The summed E-state index contributed by atoms with van der Waals surface area (Å²) in [6, 6.07) is 10.2. The van der Waals surface area contributed by atoms with Crippen molar-refractivity contribution < 1.29 is 0 Å². The third-order valence-electron chi connectivity index (χ3n) is 3.50. The van der Waals surface area contributed by atoms with Gasteiger partial charge in [0.15, 0.2) is 5.82 Å². The van der Waals surface area contributed by atoms with Gasteiger partial charge in [0, 0.05) is 26.2 Å². The molecule has 0 saturated heterocycles. The molecule has 0 fully saturated rings. The van der Waals surface area contributed by atoms with E-state index in [1.807, 2.05) is 68.7 Å². The summed E-state index contributed by atoms with van der Waals surface area (Å²) in [7, 11) is 3.91. The monoisotopic (exact) mass is 283 g/mol. The zero-order valence-corrected chi connectivity index (χ0v) is 13.3. The predicted octanol–water partition coefficient (Wildman–Crippen LogP) is 2.83. The summed E-state index contributed by atoms with van der Waals surface area (Å²) in [5, 5.41) is 13.7. The van der Waals surface area contributed by atoms with Crippen LogP contribution in [-0.4, -0.2) is 28.9 Å². The first-order valence-corrected chi connectivity index (χ1v) is 7.03. The van der Waals surface area contributed by atoms with Gasteiger partial charge in [-0.1, -0.05) is 24.3 Å². The Morgan fingerprint density at radius 1 is 1.24 bits per heavy atom. The summed E-state index contributed by atoms with van der Waals surface area (Å²) in [4.78, 5) is 6.53. The number of nitrogens with zero attached hydrogens (tertiary/aromatic N) is 5. The topological polar surface area (TPSA) is 57.7 Å². The molecule has 0 saturated carbocycles. The highest BCUT2D eigenvalue weighted by molar-refractivity contribution is 5.57. The lowest BCUT2D eigenvalue weighted by atomic mass is 9.86. The van der Waals surface area contributed by atoms with Crippen LogP contribution in [0.1, 0.15) is 26.3 Å². The van der Waals surface area contributed by atoms with E-state index < -0.39 is 5.41 Å². The second-order valence-electron chi connectivity index (χ2n) is 5.76. The fourth-order valence-electron chi connectivity index (χ4n) is 2.10. The van der Waals surface area contributed by atoms with Crippen molar-refractivity contribution in [1.82, 2.24) is 14.8 Å². The van der Waals surface area contributed by atoms with Crippen molar-refractivity contribution in [2.75, 3.05) is 19.0 Å². The molecule has 110 valence electrons. The number of aromatic nitrogens is 3. The Bertz CT molecular complexity index is 659. The van der Waals surface area contributed by atoms with Crippen molar-refractivity contribution in [2.24, 2.45) is 0 Å². The molecule has 1 heterocycles. The first kappa shape index (κ1) is 15.0. The molecule has 0 spiro atoms. The number of nitriles is 1. The Morgan fingerprint density at radius 2 is 1.86 bits per heavy atom. The highest BCUT2D eigenvalue weighted by Gasteiger charge is 2.20. The van der Waals surface area contributed by atoms with Gasteiger partial charge in [-0.25, -0.2) is 4.68 Å². The van der Waals surface area contributed by atoms with E-state index in [0.717, 1.165) is 23.6 Å². The fraction of sp³-hybridized carbons (Fsp3) is 0.438. The van der Waals surface area contributed by atoms with Gasteiger partial charge in [-0.2, -0.15) is 10.2 Å². The number of benzene rings is 1. The van der Waals surface area contributed by atoms with E-state index in [1.165, 1.54) is 0 Å². The first-order chi connectivity index (χ1) is 9.89. The fourth-order valence-corrected chi connectivity index (χ4v) is 2.10. The minimum absolute atomic E-state index is 0.483. The Labute approximate surface area is 125 Å². The van der Waals surface area contributed by atoms with Crippen LogP contribution in [0.15, 0.2) is 24.3 Å². The molecule has 0 radical (unpaired) electrons. The van der Waals surface area contributed by atoms with Gasteiger partial charge in [-0.15, -0.1) is 5.10 Å². The molecule has 0 aliphatic heterocycles. The molecule has 0 aliphatic carbocycles. The van der Waals surface area contributed by atoms with Crippen molar-refractivity contribution in [3.05, 3.63) is 29.8 Å². The van der Waals surface area contributed by atoms with Crippen LogP contribution in [0.4, 0.5) is 5.95 Å². The highest BCUT2D eigenvalue weighted by Crippen LogP contribution is 2.25. The van der Waals surface area contributed by atoms with Crippen LogP contribution in [-0.2, 0) is 12.0 Å². The minimum Gasteiger partial charge on any atom is -0.347 e. The van der Waals surface area contributed by atoms with Gasteiger partial charge in [0.05, 0.1) is 11.5 Å². The maximum Gasteiger partial charge on any atom is 0.223 e. The Balaban J connectivity index is 2.38. The molecule has 1 aromatic heterocycles. The number of anilines is 1. The molecule has 21 heavy (non-hydrogen) atoms. The molecule has 0 unspecified atom stereocenters. The average molecular weight is 283 g/mol. The number of hydrogen-bond acceptors (Lipinski definition) is 4. The molecular formula is C16H21N5. The van der Waals surface area contributed by atoms with E-state index in [2.05, 4.69) is 16.2 Å². The standard InChI is InChI=1S/C16H21N5/c1-6-21-15(20(4)5)18-14(19-21)12-7-9-13(10-8-12)16(2,3)11-17/h7-10H,6H2,1-5H3. The predicted molar refractivity (Wildman–Crippen MR) is 84.1 cm³/mol. The van der Waals surface area contributed by atoms with E-state index in [0.29, 0.717) is 5.82 Å². The normalized spacial score (nSPS) is 11.2. The van der Waals surface area contributed by atoms with Crippen molar-refractivity contribution >= 4 is 5.95 Å². The summed E-state index contributed by atoms with van der Waals surface area (Å²) >= 11 is 0. The molecule has 0 bridgehead atoms. The third-order valence-corrected chi connectivity index (χ3v) is 3.50. The van der Waals surface area contributed by atoms with Crippen LogP contribution in [0.3, 0.4) is 0 Å². The molecule has 0 aliphatic rings. The van der Waals surface area contributed by atoms with Crippen molar-refractivity contribution in [1.29, 1.82) is 5.26 Å². The van der Waals surface area contributed by atoms with Crippen LogP contribution >= 0.6 is 0 Å². The van der Waals surface area contributed by atoms with Crippen LogP contribution in [0.25, 0.3) is 11.4 Å². The second kappa shape index (κ2) is 5.57. The third kappa shape index (κ3) is 2.89. The largest absolute Gasteiger partial charge is 0.347 e. The molecule has 5 nitrogen and oxygen atoms in total. The van der Waals surface area contributed by atoms with E-state index in [1.54, 1.807) is 0 Å².